The molecule has 0 unspecified atom stereocenters. The summed E-state index contributed by atoms with van der Waals surface area (Å²) in [7, 11) is 0. The number of H-pyrrole nitrogens is 1. The molecule has 128 valence electrons. The molecule has 0 aliphatic rings. The van der Waals surface area contributed by atoms with Crippen LogP contribution in [-0.2, 0) is 0 Å². The number of nitriles is 1. The third kappa shape index (κ3) is 3.58. The molecular weight excluding hydrogens is 328 g/mol. The van der Waals surface area contributed by atoms with E-state index in [1.165, 1.54) is 0 Å². The molecule has 0 saturated heterocycles. The van der Waals surface area contributed by atoms with Gasteiger partial charge in [0, 0.05) is 22.2 Å². The molecule has 0 atom stereocenters. The van der Waals surface area contributed by atoms with E-state index in [1.54, 1.807) is 0 Å². The quantitative estimate of drug-likeness (QED) is 0.457. The van der Waals surface area contributed by atoms with Gasteiger partial charge in [0.2, 0.25) is 0 Å². The van der Waals surface area contributed by atoms with Crippen molar-refractivity contribution in [2.24, 2.45) is 0 Å². The van der Waals surface area contributed by atoms with Crippen LogP contribution in [0.25, 0.3) is 35.2 Å². The van der Waals surface area contributed by atoms with Gasteiger partial charge in [-0.3, -0.25) is 0 Å². The Morgan fingerprint density at radius 2 is 1.30 bits per heavy atom. The normalized spacial score (nSPS) is 11.4. The third-order valence-corrected chi connectivity index (χ3v) is 4.50. The average Bonchev–Trinajstić information content (AvgIpc) is 3.10. The highest BCUT2D eigenvalue weighted by molar-refractivity contribution is 5.99. The Morgan fingerprint density at radius 3 is 1.93 bits per heavy atom. The van der Waals surface area contributed by atoms with E-state index in [0.717, 1.165) is 33.3 Å². The number of benzene rings is 3. The number of fused-ring (bicyclic) bond motifs is 1. The summed E-state index contributed by atoms with van der Waals surface area (Å²) in [6, 6.07) is 28.5. The molecule has 4 aromatic rings. The molecule has 0 saturated carbocycles. The molecule has 4 rings (SSSR count). The molecule has 0 radical (unpaired) electrons. The Hall–Kier alpha value is -3.83. The first-order valence-electron chi connectivity index (χ1n) is 8.86. The number of hydrogen-bond donors (Lipinski definition) is 1. The zero-order chi connectivity index (χ0) is 18.5. The molecule has 27 heavy (non-hydrogen) atoms. The zero-order valence-electron chi connectivity index (χ0n) is 14.8. The maximum Gasteiger partial charge on any atom is 0.0998 e. The molecule has 0 amide bonds. The van der Waals surface area contributed by atoms with Gasteiger partial charge in [-0.05, 0) is 29.3 Å². The van der Waals surface area contributed by atoms with Crippen molar-refractivity contribution >= 4 is 35.2 Å². The largest absolute Gasteiger partial charge is 0.354 e. The lowest BCUT2D eigenvalue weighted by Crippen LogP contribution is -1.80. The van der Waals surface area contributed by atoms with Gasteiger partial charge < -0.3 is 4.98 Å². The summed E-state index contributed by atoms with van der Waals surface area (Å²) in [6.45, 7) is 0. The molecule has 3 aromatic carbocycles. The van der Waals surface area contributed by atoms with Crippen molar-refractivity contribution in [1.29, 1.82) is 5.26 Å². The van der Waals surface area contributed by atoms with Crippen LogP contribution >= 0.6 is 0 Å². The molecular formula is C25H18N2. The fourth-order valence-electron chi connectivity index (χ4n) is 3.18. The molecule has 0 aliphatic carbocycles. The summed E-state index contributed by atoms with van der Waals surface area (Å²) in [6.07, 6.45) is 8.31. The lowest BCUT2D eigenvalue weighted by atomic mass is 10.0. The van der Waals surface area contributed by atoms with Crippen molar-refractivity contribution < 1.29 is 0 Å². The van der Waals surface area contributed by atoms with Crippen molar-refractivity contribution in [3.8, 4) is 6.07 Å². The Labute approximate surface area is 158 Å². The lowest BCUT2D eigenvalue weighted by Gasteiger charge is -1.98. The summed E-state index contributed by atoms with van der Waals surface area (Å²) in [5.74, 6) is 0. The smallest absolute Gasteiger partial charge is 0.0998 e. The van der Waals surface area contributed by atoms with E-state index in [9.17, 15) is 5.26 Å². The van der Waals surface area contributed by atoms with E-state index < -0.39 is 0 Å². The van der Waals surface area contributed by atoms with Crippen molar-refractivity contribution in [1.82, 2.24) is 4.98 Å². The number of rotatable bonds is 4. The number of nitrogens with zero attached hydrogens (tertiary/aromatic N) is 1. The molecule has 2 heteroatoms. The van der Waals surface area contributed by atoms with Crippen LogP contribution in [0.1, 0.15) is 27.9 Å². The Balaban J connectivity index is 1.84. The van der Waals surface area contributed by atoms with Crippen molar-refractivity contribution in [3.05, 3.63) is 107 Å². The zero-order valence-corrected chi connectivity index (χ0v) is 14.8. The van der Waals surface area contributed by atoms with Gasteiger partial charge in [-0.1, -0.05) is 85.0 Å². The van der Waals surface area contributed by atoms with Crippen LogP contribution in [0, 0.1) is 11.3 Å². The van der Waals surface area contributed by atoms with Gasteiger partial charge in [0.05, 0.1) is 11.6 Å². The monoisotopic (exact) mass is 346 g/mol. The van der Waals surface area contributed by atoms with E-state index in [4.69, 9.17) is 0 Å². The first-order chi connectivity index (χ1) is 13.3. The molecule has 2 nitrogen and oxygen atoms in total. The molecule has 1 heterocycles. The van der Waals surface area contributed by atoms with Crippen LogP contribution in [0.4, 0.5) is 0 Å². The van der Waals surface area contributed by atoms with Crippen molar-refractivity contribution in [2.75, 3.05) is 0 Å². The molecule has 1 N–H and O–H groups in total. The van der Waals surface area contributed by atoms with Crippen LogP contribution in [0.2, 0.25) is 0 Å². The number of nitrogens with one attached hydrogen (secondary N) is 1. The van der Waals surface area contributed by atoms with E-state index in [2.05, 4.69) is 59.6 Å². The van der Waals surface area contributed by atoms with Crippen LogP contribution in [0.15, 0.2) is 78.9 Å². The minimum Gasteiger partial charge on any atom is -0.354 e. The van der Waals surface area contributed by atoms with Crippen molar-refractivity contribution in [3.63, 3.8) is 0 Å². The predicted octanol–water partition coefficient (Wildman–Crippen LogP) is 6.38. The lowest BCUT2D eigenvalue weighted by molar-refractivity contribution is 1.42. The fraction of sp³-hybridized carbons (Fsp3) is 0. The number of aromatic nitrogens is 1. The molecule has 0 fully saturated rings. The Kier molecular flexibility index (Phi) is 4.68. The first-order valence-corrected chi connectivity index (χ1v) is 8.86. The summed E-state index contributed by atoms with van der Waals surface area (Å²) < 4.78 is 0. The maximum absolute atomic E-state index is 9.56. The van der Waals surface area contributed by atoms with Gasteiger partial charge in [-0.25, -0.2) is 0 Å². The van der Waals surface area contributed by atoms with Crippen LogP contribution < -0.4 is 0 Å². The van der Waals surface area contributed by atoms with E-state index in [-0.39, 0.29) is 0 Å². The first kappa shape index (κ1) is 16.6. The van der Waals surface area contributed by atoms with Gasteiger partial charge >= 0.3 is 0 Å². The Morgan fingerprint density at radius 1 is 0.667 bits per heavy atom. The van der Waals surface area contributed by atoms with Gasteiger partial charge in [0.1, 0.15) is 0 Å². The van der Waals surface area contributed by atoms with Crippen LogP contribution in [-0.4, -0.2) is 4.98 Å². The van der Waals surface area contributed by atoms with E-state index >= 15 is 0 Å². The second-order valence-corrected chi connectivity index (χ2v) is 6.28. The van der Waals surface area contributed by atoms with Gasteiger partial charge in [-0.2, -0.15) is 5.26 Å². The minimum absolute atomic E-state index is 0.677. The van der Waals surface area contributed by atoms with Crippen LogP contribution in [0.5, 0.6) is 0 Å². The summed E-state index contributed by atoms with van der Waals surface area (Å²) in [5, 5.41) is 10.5. The molecule has 0 spiro atoms. The summed E-state index contributed by atoms with van der Waals surface area (Å²) in [5.41, 5.74) is 5.92. The standard InChI is InChI=1S/C25H18N2/c26-18-21-12-7-13-24-25(21)22(16-14-19-8-3-1-4-9-19)23(27-24)17-15-20-10-5-2-6-11-20/h1-17,27H/b16-14+,17-15+. The maximum atomic E-state index is 9.56. The van der Waals surface area contributed by atoms with E-state index in [0.29, 0.717) is 5.56 Å². The molecule has 0 aliphatic heterocycles. The van der Waals surface area contributed by atoms with Crippen molar-refractivity contribution in [2.45, 2.75) is 0 Å². The highest BCUT2D eigenvalue weighted by atomic mass is 14.7. The second-order valence-electron chi connectivity index (χ2n) is 6.28. The fourth-order valence-corrected chi connectivity index (χ4v) is 3.18. The van der Waals surface area contributed by atoms with Crippen LogP contribution in [0.3, 0.4) is 0 Å². The van der Waals surface area contributed by atoms with E-state index in [1.807, 2.05) is 54.6 Å². The molecule has 0 bridgehead atoms. The minimum atomic E-state index is 0.677. The van der Waals surface area contributed by atoms with Gasteiger partial charge in [0.25, 0.3) is 0 Å². The topological polar surface area (TPSA) is 39.6 Å². The number of hydrogen-bond acceptors (Lipinski definition) is 1. The average molecular weight is 346 g/mol. The highest BCUT2D eigenvalue weighted by Crippen LogP contribution is 2.29. The van der Waals surface area contributed by atoms with Gasteiger partial charge in [0.15, 0.2) is 0 Å². The summed E-state index contributed by atoms with van der Waals surface area (Å²) in [4.78, 5) is 3.46. The Bertz CT molecular complexity index is 1160. The van der Waals surface area contributed by atoms with Gasteiger partial charge in [-0.15, -0.1) is 0 Å². The molecule has 1 aromatic heterocycles. The summed E-state index contributed by atoms with van der Waals surface area (Å²) >= 11 is 0. The highest BCUT2D eigenvalue weighted by Gasteiger charge is 2.11. The predicted molar refractivity (Wildman–Crippen MR) is 114 cm³/mol. The number of aromatic amines is 1. The SMILES string of the molecule is N#Cc1cccc2[nH]c(/C=C/c3ccccc3)c(/C=C/c3ccccc3)c12. The second kappa shape index (κ2) is 7.59. The third-order valence-electron chi connectivity index (χ3n) is 4.50.